The lowest BCUT2D eigenvalue weighted by molar-refractivity contribution is 0.0938. The quantitative estimate of drug-likeness (QED) is 0.907. The van der Waals surface area contributed by atoms with E-state index in [1.54, 1.807) is 6.26 Å². The predicted octanol–water partition coefficient (Wildman–Crippen LogP) is 3.00. The molecule has 21 heavy (non-hydrogen) atoms. The highest BCUT2D eigenvalue weighted by molar-refractivity contribution is 5.97. The molecule has 1 amide bonds. The minimum atomic E-state index is -0.00499. The van der Waals surface area contributed by atoms with Crippen LogP contribution < -0.4 is 10.6 Å². The third kappa shape index (κ3) is 3.10. The first-order valence-electron chi connectivity index (χ1n) is 7.43. The molecule has 0 saturated carbocycles. The third-order valence-corrected chi connectivity index (χ3v) is 3.80. The topological polar surface area (TPSA) is 54.3 Å². The van der Waals surface area contributed by atoms with Crippen LogP contribution in [0.4, 0.5) is 5.69 Å². The maximum absolute atomic E-state index is 12.5. The van der Waals surface area contributed by atoms with Crippen LogP contribution in [0.15, 0.2) is 41.0 Å². The summed E-state index contributed by atoms with van der Waals surface area (Å²) in [5, 5.41) is 6.41. The number of furan rings is 1. The molecule has 2 aromatic rings. The number of hydrogen-bond acceptors (Lipinski definition) is 3. The van der Waals surface area contributed by atoms with Gasteiger partial charge in [-0.2, -0.15) is 0 Å². The van der Waals surface area contributed by atoms with Crippen molar-refractivity contribution in [3.05, 3.63) is 53.5 Å². The Morgan fingerprint density at radius 1 is 1.38 bits per heavy atom. The smallest absolute Gasteiger partial charge is 0.251 e. The van der Waals surface area contributed by atoms with Crippen LogP contribution in [0.5, 0.6) is 0 Å². The lowest BCUT2D eigenvalue weighted by Gasteiger charge is -2.21. The molecule has 1 aliphatic heterocycles. The van der Waals surface area contributed by atoms with Crippen molar-refractivity contribution in [1.29, 1.82) is 0 Å². The summed E-state index contributed by atoms with van der Waals surface area (Å²) in [7, 11) is 0. The van der Waals surface area contributed by atoms with Gasteiger partial charge in [0.05, 0.1) is 6.26 Å². The number of amides is 1. The van der Waals surface area contributed by atoms with Crippen LogP contribution in [0.3, 0.4) is 0 Å². The summed E-state index contributed by atoms with van der Waals surface area (Å²) < 4.78 is 5.32. The first-order chi connectivity index (χ1) is 10.2. The number of anilines is 1. The Balaban J connectivity index is 1.70. The van der Waals surface area contributed by atoms with Gasteiger partial charge < -0.3 is 15.1 Å². The van der Waals surface area contributed by atoms with E-state index in [-0.39, 0.29) is 11.9 Å². The molecule has 1 aromatic heterocycles. The molecular formula is C17H20N2O2. The third-order valence-electron chi connectivity index (χ3n) is 3.80. The lowest BCUT2D eigenvalue weighted by Crippen LogP contribution is -2.35. The SMILES string of the molecule is CC(Cc1ccco1)NC(=O)c1cccc2c1CCCN2. The number of carbonyl (C=O) groups is 1. The number of nitrogens with one attached hydrogen (secondary N) is 2. The second-order valence-corrected chi connectivity index (χ2v) is 5.52. The second-order valence-electron chi connectivity index (χ2n) is 5.52. The van der Waals surface area contributed by atoms with Crippen LogP contribution in [-0.2, 0) is 12.8 Å². The van der Waals surface area contributed by atoms with Crippen molar-refractivity contribution < 1.29 is 9.21 Å². The molecule has 0 radical (unpaired) electrons. The van der Waals surface area contributed by atoms with Crippen molar-refractivity contribution in [2.45, 2.75) is 32.2 Å². The number of hydrogen-bond donors (Lipinski definition) is 2. The number of carbonyl (C=O) groups excluding carboxylic acids is 1. The number of benzene rings is 1. The first-order valence-corrected chi connectivity index (χ1v) is 7.43. The van der Waals surface area contributed by atoms with E-state index in [0.717, 1.165) is 42.0 Å². The van der Waals surface area contributed by atoms with Gasteiger partial charge in [0.1, 0.15) is 5.76 Å². The molecule has 2 N–H and O–H groups in total. The van der Waals surface area contributed by atoms with E-state index >= 15 is 0 Å². The summed E-state index contributed by atoms with van der Waals surface area (Å²) in [6, 6.07) is 9.71. The summed E-state index contributed by atoms with van der Waals surface area (Å²) >= 11 is 0. The Hall–Kier alpha value is -2.23. The summed E-state index contributed by atoms with van der Waals surface area (Å²) in [6.07, 6.45) is 4.38. The number of rotatable bonds is 4. The Morgan fingerprint density at radius 2 is 2.29 bits per heavy atom. The maximum Gasteiger partial charge on any atom is 0.251 e. The monoisotopic (exact) mass is 284 g/mol. The van der Waals surface area contributed by atoms with Gasteiger partial charge in [0.2, 0.25) is 0 Å². The van der Waals surface area contributed by atoms with Gasteiger partial charge in [0.25, 0.3) is 5.91 Å². The molecule has 1 unspecified atom stereocenters. The van der Waals surface area contributed by atoms with Crippen LogP contribution in [0.1, 0.15) is 35.0 Å². The molecule has 4 heteroatoms. The van der Waals surface area contributed by atoms with Crippen molar-refractivity contribution >= 4 is 11.6 Å². The highest BCUT2D eigenvalue weighted by Crippen LogP contribution is 2.25. The van der Waals surface area contributed by atoms with Crippen molar-refractivity contribution in [3.8, 4) is 0 Å². The number of fused-ring (bicyclic) bond motifs is 1. The Labute approximate surface area is 124 Å². The molecule has 1 atom stereocenters. The van der Waals surface area contributed by atoms with Gasteiger partial charge >= 0.3 is 0 Å². The van der Waals surface area contributed by atoms with Crippen molar-refractivity contribution in [2.24, 2.45) is 0 Å². The molecule has 2 heterocycles. The average Bonchev–Trinajstić information content (AvgIpc) is 2.99. The Kier molecular flexibility index (Phi) is 3.95. The normalized spacial score (nSPS) is 14.9. The zero-order valence-corrected chi connectivity index (χ0v) is 12.2. The van der Waals surface area contributed by atoms with Gasteiger partial charge in [-0.05, 0) is 49.6 Å². The maximum atomic E-state index is 12.5. The van der Waals surface area contributed by atoms with Crippen molar-refractivity contribution in [3.63, 3.8) is 0 Å². The molecule has 0 saturated heterocycles. The zero-order chi connectivity index (χ0) is 14.7. The first kappa shape index (κ1) is 13.7. The molecule has 0 aliphatic carbocycles. The summed E-state index contributed by atoms with van der Waals surface area (Å²) in [5.74, 6) is 0.883. The molecule has 0 bridgehead atoms. The highest BCUT2D eigenvalue weighted by Gasteiger charge is 2.18. The van der Waals surface area contributed by atoms with Crippen LogP contribution in [0.2, 0.25) is 0 Å². The average molecular weight is 284 g/mol. The van der Waals surface area contributed by atoms with E-state index in [2.05, 4.69) is 10.6 Å². The molecule has 1 aromatic carbocycles. The summed E-state index contributed by atoms with van der Waals surface area (Å²) in [4.78, 5) is 12.5. The fraction of sp³-hybridized carbons (Fsp3) is 0.353. The molecule has 1 aliphatic rings. The van der Waals surface area contributed by atoms with E-state index in [4.69, 9.17) is 4.42 Å². The van der Waals surface area contributed by atoms with Gasteiger partial charge in [-0.1, -0.05) is 6.07 Å². The van der Waals surface area contributed by atoms with E-state index in [0.29, 0.717) is 6.42 Å². The molecule has 4 nitrogen and oxygen atoms in total. The minimum absolute atomic E-state index is 0.00499. The zero-order valence-electron chi connectivity index (χ0n) is 12.2. The van der Waals surface area contributed by atoms with Crippen LogP contribution in [0.25, 0.3) is 0 Å². The van der Waals surface area contributed by atoms with Crippen molar-refractivity contribution in [1.82, 2.24) is 5.32 Å². The summed E-state index contributed by atoms with van der Waals surface area (Å²) in [5.41, 5.74) is 3.00. The van der Waals surface area contributed by atoms with Gasteiger partial charge in [0.15, 0.2) is 0 Å². The standard InChI is InChI=1S/C17H20N2O2/c1-12(11-13-5-4-10-21-13)19-17(20)15-6-2-8-16-14(15)7-3-9-18-16/h2,4-6,8,10,12,18H,3,7,9,11H2,1H3,(H,19,20). The molecular weight excluding hydrogens is 264 g/mol. The van der Waals surface area contributed by atoms with E-state index in [1.165, 1.54) is 0 Å². The largest absolute Gasteiger partial charge is 0.469 e. The fourth-order valence-electron chi connectivity index (χ4n) is 2.81. The molecule has 110 valence electrons. The van der Waals surface area contributed by atoms with Gasteiger partial charge in [-0.15, -0.1) is 0 Å². The predicted molar refractivity (Wildman–Crippen MR) is 82.6 cm³/mol. The summed E-state index contributed by atoms with van der Waals surface area (Å²) in [6.45, 7) is 2.97. The fourth-order valence-corrected chi connectivity index (χ4v) is 2.81. The Morgan fingerprint density at radius 3 is 3.10 bits per heavy atom. The van der Waals surface area contributed by atoms with Gasteiger partial charge in [-0.3, -0.25) is 4.79 Å². The Bertz CT molecular complexity index is 620. The van der Waals surface area contributed by atoms with Crippen molar-refractivity contribution in [2.75, 3.05) is 11.9 Å². The minimum Gasteiger partial charge on any atom is -0.469 e. The molecule has 3 rings (SSSR count). The van der Waals surface area contributed by atoms with Gasteiger partial charge in [0, 0.05) is 30.3 Å². The van der Waals surface area contributed by atoms with E-state index < -0.39 is 0 Å². The van der Waals surface area contributed by atoms with E-state index in [9.17, 15) is 4.79 Å². The van der Waals surface area contributed by atoms with Crippen LogP contribution >= 0.6 is 0 Å². The van der Waals surface area contributed by atoms with Crippen LogP contribution in [0, 0.1) is 0 Å². The van der Waals surface area contributed by atoms with E-state index in [1.807, 2.05) is 37.3 Å². The van der Waals surface area contributed by atoms with Gasteiger partial charge in [-0.25, -0.2) is 0 Å². The molecule has 0 fully saturated rings. The second kappa shape index (κ2) is 6.04. The van der Waals surface area contributed by atoms with Crippen LogP contribution in [-0.4, -0.2) is 18.5 Å². The molecule has 0 spiro atoms. The lowest BCUT2D eigenvalue weighted by atomic mass is 9.97. The highest BCUT2D eigenvalue weighted by atomic mass is 16.3.